The largest absolute Gasteiger partial charge is 0.494 e. The van der Waals surface area contributed by atoms with Crippen LogP contribution in [0.1, 0.15) is 33.1 Å². The maximum Gasteiger partial charge on any atom is 0.122 e. The van der Waals surface area contributed by atoms with Crippen molar-refractivity contribution in [1.82, 2.24) is 0 Å². The molecule has 0 saturated carbocycles. The van der Waals surface area contributed by atoms with Gasteiger partial charge < -0.3 is 15.2 Å². The van der Waals surface area contributed by atoms with E-state index in [0.717, 1.165) is 37.4 Å². The lowest BCUT2D eigenvalue weighted by molar-refractivity contribution is 0.298. The van der Waals surface area contributed by atoms with Gasteiger partial charge in [-0.3, -0.25) is 0 Å². The summed E-state index contributed by atoms with van der Waals surface area (Å²) in [6.07, 6.45) is 3.21. The van der Waals surface area contributed by atoms with Gasteiger partial charge in [-0.2, -0.15) is 0 Å². The van der Waals surface area contributed by atoms with Gasteiger partial charge in [0.1, 0.15) is 11.5 Å². The highest BCUT2D eigenvalue weighted by molar-refractivity contribution is 5.32. The monoisotopic (exact) mass is 237 g/mol. The fraction of sp³-hybridized carbons (Fsp3) is 0.571. The van der Waals surface area contributed by atoms with Crippen LogP contribution < -0.4 is 15.2 Å². The van der Waals surface area contributed by atoms with Gasteiger partial charge in [0.15, 0.2) is 0 Å². The molecule has 1 rings (SSSR count). The molecule has 3 nitrogen and oxygen atoms in total. The Bertz CT molecular complexity index is 313. The molecule has 0 spiro atoms. The highest BCUT2D eigenvalue weighted by Gasteiger charge is 1.98. The average molecular weight is 237 g/mol. The van der Waals surface area contributed by atoms with E-state index in [4.69, 9.17) is 15.2 Å². The van der Waals surface area contributed by atoms with Crippen molar-refractivity contribution in [2.75, 3.05) is 13.2 Å². The van der Waals surface area contributed by atoms with Gasteiger partial charge in [0.25, 0.3) is 0 Å². The third-order valence-corrected chi connectivity index (χ3v) is 2.44. The molecule has 1 atom stereocenters. The fourth-order valence-electron chi connectivity index (χ4n) is 1.58. The Morgan fingerprint density at radius 1 is 1.18 bits per heavy atom. The van der Waals surface area contributed by atoms with Crippen molar-refractivity contribution in [3.8, 4) is 11.5 Å². The van der Waals surface area contributed by atoms with Crippen molar-refractivity contribution >= 4 is 0 Å². The second kappa shape index (κ2) is 7.96. The molecular formula is C14H23NO2. The van der Waals surface area contributed by atoms with E-state index >= 15 is 0 Å². The van der Waals surface area contributed by atoms with Crippen LogP contribution >= 0.6 is 0 Å². The van der Waals surface area contributed by atoms with Gasteiger partial charge in [0.05, 0.1) is 13.2 Å². The molecule has 17 heavy (non-hydrogen) atoms. The summed E-state index contributed by atoms with van der Waals surface area (Å²) < 4.78 is 11.1. The Kier molecular flexibility index (Phi) is 6.48. The lowest BCUT2D eigenvalue weighted by atomic mass is 10.1. The predicted octanol–water partition coefficient (Wildman–Crippen LogP) is 2.98. The van der Waals surface area contributed by atoms with Gasteiger partial charge in [-0.15, -0.1) is 0 Å². The molecule has 0 fully saturated rings. The van der Waals surface area contributed by atoms with Crippen LogP contribution in [-0.4, -0.2) is 19.3 Å². The van der Waals surface area contributed by atoms with Crippen molar-refractivity contribution in [2.24, 2.45) is 5.73 Å². The highest BCUT2D eigenvalue weighted by Crippen LogP contribution is 2.19. The summed E-state index contributed by atoms with van der Waals surface area (Å²) in [6, 6.07) is 8.05. The summed E-state index contributed by atoms with van der Waals surface area (Å²) in [5, 5.41) is 0. The molecule has 0 aliphatic heterocycles. The standard InChI is InChI=1S/C14H23NO2/c1-3-16-13-8-6-9-14(11-13)17-10-5-4-7-12(2)15/h6,8-9,11-12H,3-5,7,10,15H2,1-2H3. The lowest BCUT2D eigenvalue weighted by Crippen LogP contribution is -2.14. The maximum absolute atomic E-state index is 5.68. The minimum Gasteiger partial charge on any atom is -0.494 e. The Balaban J connectivity index is 2.24. The van der Waals surface area contributed by atoms with E-state index in [9.17, 15) is 0 Å². The molecule has 1 unspecified atom stereocenters. The number of hydrogen-bond donors (Lipinski definition) is 1. The summed E-state index contributed by atoms with van der Waals surface area (Å²) in [7, 11) is 0. The minimum absolute atomic E-state index is 0.288. The summed E-state index contributed by atoms with van der Waals surface area (Å²) in [5.74, 6) is 1.73. The van der Waals surface area contributed by atoms with Crippen LogP contribution in [0.2, 0.25) is 0 Å². The number of nitrogens with two attached hydrogens (primary N) is 1. The zero-order valence-electron chi connectivity index (χ0n) is 10.8. The van der Waals surface area contributed by atoms with E-state index in [0.29, 0.717) is 6.61 Å². The van der Waals surface area contributed by atoms with Crippen molar-refractivity contribution in [3.05, 3.63) is 24.3 Å². The molecule has 0 aromatic heterocycles. The summed E-state index contributed by atoms with van der Waals surface area (Å²) in [5.41, 5.74) is 5.68. The van der Waals surface area contributed by atoms with Crippen LogP contribution in [0.15, 0.2) is 24.3 Å². The van der Waals surface area contributed by atoms with Crippen LogP contribution in [-0.2, 0) is 0 Å². The molecule has 0 saturated heterocycles. The second-order valence-corrected chi connectivity index (χ2v) is 4.23. The van der Waals surface area contributed by atoms with Crippen molar-refractivity contribution in [2.45, 2.75) is 39.2 Å². The van der Waals surface area contributed by atoms with E-state index < -0.39 is 0 Å². The van der Waals surface area contributed by atoms with Crippen LogP contribution in [0.25, 0.3) is 0 Å². The first-order valence-electron chi connectivity index (χ1n) is 6.33. The lowest BCUT2D eigenvalue weighted by Gasteiger charge is -2.09. The molecular weight excluding hydrogens is 214 g/mol. The number of benzene rings is 1. The number of rotatable bonds is 8. The molecule has 0 bridgehead atoms. The molecule has 96 valence electrons. The molecule has 1 aromatic rings. The van der Waals surface area contributed by atoms with E-state index in [1.54, 1.807) is 0 Å². The van der Waals surface area contributed by atoms with Gasteiger partial charge in [-0.25, -0.2) is 0 Å². The summed E-state index contributed by atoms with van der Waals surface area (Å²) in [4.78, 5) is 0. The van der Waals surface area contributed by atoms with E-state index in [1.165, 1.54) is 0 Å². The Morgan fingerprint density at radius 3 is 2.53 bits per heavy atom. The quantitative estimate of drug-likeness (QED) is 0.707. The Morgan fingerprint density at radius 2 is 1.88 bits per heavy atom. The fourth-order valence-corrected chi connectivity index (χ4v) is 1.58. The molecule has 3 heteroatoms. The topological polar surface area (TPSA) is 44.5 Å². The maximum atomic E-state index is 5.68. The predicted molar refractivity (Wildman–Crippen MR) is 70.6 cm³/mol. The number of hydrogen-bond acceptors (Lipinski definition) is 3. The Hall–Kier alpha value is -1.22. The first-order chi connectivity index (χ1) is 8.22. The van der Waals surface area contributed by atoms with Gasteiger partial charge in [-0.05, 0) is 45.2 Å². The Labute approximate surface area is 104 Å². The van der Waals surface area contributed by atoms with Crippen molar-refractivity contribution in [3.63, 3.8) is 0 Å². The zero-order chi connectivity index (χ0) is 12.5. The van der Waals surface area contributed by atoms with Gasteiger partial charge >= 0.3 is 0 Å². The molecule has 0 aliphatic rings. The van der Waals surface area contributed by atoms with Crippen LogP contribution in [0.3, 0.4) is 0 Å². The number of unbranched alkanes of at least 4 members (excludes halogenated alkanes) is 1. The van der Waals surface area contributed by atoms with E-state index in [-0.39, 0.29) is 6.04 Å². The van der Waals surface area contributed by atoms with Gasteiger partial charge in [0, 0.05) is 12.1 Å². The third-order valence-electron chi connectivity index (χ3n) is 2.44. The SMILES string of the molecule is CCOc1cccc(OCCCCC(C)N)c1. The van der Waals surface area contributed by atoms with Crippen molar-refractivity contribution in [1.29, 1.82) is 0 Å². The van der Waals surface area contributed by atoms with Gasteiger partial charge in [-0.1, -0.05) is 6.07 Å². The van der Waals surface area contributed by atoms with Crippen LogP contribution in [0.4, 0.5) is 0 Å². The summed E-state index contributed by atoms with van der Waals surface area (Å²) >= 11 is 0. The van der Waals surface area contributed by atoms with E-state index in [1.807, 2.05) is 38.1 Å². The molecule has 0 amide bonds. The van der Waals surface area contributed by atoms with Gasteiger partial charge in [0.2, 0.25) is 0 Å². The van der Waals surface area contributed by atoms with E-state index in [2.05, 4.69) is 0 Å². The molecule has 1 aromatic carbocycles. The zero-order valence-corrected chi connectivity index (χ0v) is 10.8. The second-order valence-electron chi connectivity index (χ2n) is 4.23. The molecule has 0 aliphatic carbocycles. The highest BCUT2D eigenvalue weighted by atomic mass is 16.5. The average Bonchev–Trinajstić information content (AvgIpc) is 2.29. The number of ether oxygens (including phenoxy) is 2. The van der Waals surface area contributed by atoms with Crippen LogP contribution in [0.5, 0.6) is 11.5 Å². The molecule has 2 N–H and O–H groups in total. The molecule has 0 radical (unpaired) electrons. The third kappa shape index (κ3) is 6.17. The first kappa shape index (κ1) is 13.8. The molecule has 0 heterocycles. The van der Waals surface area contributed by atoms with Crippen molar-refractivity contribution < 1.29 is 9.47 Å². The first-order valence-corrected chi connectivity index (χ1v) is 6.33. The normalized spacial score (nSPS) is 12.2. The smallest absolute Gasteiger partial charge is 0.122 e. The summed E-state index contributed by atoms with van der Waals surface area (Å²) in [6.45, 7) is 5.42. The minimum atomic E-state index is 0.288. The van der Waals surface area contributed by atoms with Crippen LogP contribution in [0, 0.1) is 0 Å².